The molecule has 0 aliphatic heterocycles. The van der Waals surface area contributed by atoms with Crippen LogP contribution in [-0.4, -0.2) is 9.78 Å². The monoisotopic (exact) mass is 261 g/mol. The highest BCUT2D eigenvalue weighted by Crippen LogP contribution is 2.37. The Balaban J connectivity index is 2.38. The van der Waals surface area contributed by atoms with Crippen LogP contribution in [0.4, 0.5) is 13.2 Å². The maximum absolute atomic E-state index is 12.7. The van der Waals surface area contributed by atoms with Gasteiger partial charge >= 0.3 is 6.18 Å². The van der Waals surface area contributed by atoms with Gasteiger partial charge in [0.2, 0.25) is 0 Å². The minimum atomic E-state index is -4.37. The lowest BCUT2D eigenvalue weighted by Crippen LogP contribution is -2.16. The summed E-state index contributed by atoms with van der Waals surface area (Å²) in [6, 6.07) is -0.799. The molecule has 17 heavy (non-hydrogen) atoms. The number of rotatable bonds is 2. The molecule has 0 radical (unpaired) electrons. The molecule has 1 unspecified atom stereocenters. The zero-order valence-electron chi connectivity index (χ0n) is 8.90. The minimum Gasteiger partial charge on any atom is -0.320 e. The third-order valence-corrected chi connectivity index (χ3v) is 3.18. The van der Waals surface area contributed by atoms with Crippen molar-refractivity contribution in [2.24, 2.45) is 12.8 Å². The van der Waals surface area contributed by atoms with E-state index in [0.717, 1.165) is 16.7 Å². The van der Waals surface area contributed by atoms with Crippen molar-refractivity contribution in [1.82, 2.24) is 9.78 Å². The molecular weight excluding hydrogens is 251 g/mol. The molecule has 0 aliphatic carbocycles. The Bertz CT molecular complexity index is 515. The van der Waals surface area contributed by atoms with E-state index in [-0.39, 0.29) is 5.56 Å². The lowest BCUT2D eigenvalue weighted by atomic mass is 10.0. The standard InChI is InChI=1S/C10H10F3N3S/c1-16-3-6(2-15-16)9(14)7-4-17-5-8(7)10(11,12)13/h2-5,9H,14H2,1H3. The van der Waals surface area contributed by atoms with E-state index in [0.29, 0.717) is 5.56 Å². The third-order valence-electron chi connectivity index (χ3n) is 2.42. The van der Waals surface area contributed by atoms with E-state index in [1.807, 2.05) is 0 Å². The van der Waals surface area contributed by atoms with Crippen molar-refractivity contribution >= 4 is 11.3 Å². The highest BCUT2D eigenvalue weighted by atomic mass is 32.1. The fraction of sp³-hybridized carbons (Fsp3) is 0.300. The Morgan fingerprint density at radius 2 is 2.12 bits per heavy atom. The summed E-state index contributed by atoms with van der Waals surface area (Å²) < 4.78 is 39.6. The highest BCUT2D eigenvalue weighted by Gasteiger charge is 2.35. The summed E-state index contributed by atoms with van der Waals surface area (Å²) in [5.74, 6) is 0. The van der Waals surface area contributed by atoms with Crippen LogP contribution in [0, 0.1) is 0 Å². The first-order valence-corrected chi connectivity index (χ1v) is 5.71. The van der Waals surface area contributed by atoms with Crippen LogP contribution in [0.3, 0.4) is 0 Å². The Hall–Kier alpha value is -1.34. The molecular formula is C10H10F3N3S. The normalized spacial score (nSPS) is 13.9. The SMILES string of the molecule is Cn1cc(C(N)c2cscc2C(F)(F)F)cn1. The first-order valence-electron chi connectivity index (χ1n) is 4.77. The Kier molecular flexibility index (Phi) is 2.96. The van der Waals surface area contributed by atoms with E-state index in [2.05, 4.69) is 5.10 Å². The van der Waals surface area contributed by atoms with Crippen molar-refractivity contribution in [3.63, 3.8) is 0 Å². The van der Waals surface area contributed by atoms with Gasteiger partial charge < -0.3 is 5.73 Å². The van der Waals surface area contributed by atoms with E-state index in [4.69, 9.17) is 5.73 Å². The molecule has 0 saturated carbocycles. The van der Waals surface area contributed by atoms with Gasteiger partial charge in [0.1, 0.15) is 0 Å². The molecule has 92 valence electrons. The molecule has 0 fully saturated rings. The van der Waals surface area contributed by atoms with Crippen LogP contribution in [0.1, 0.15) is 22.7 Å². The summed E-state index contributed by atoms with van der Waals surface area (Å²) in [5, 5.41) is 6.40. The van der Waals surface area contributed by atoms with Gasteiger partial charge in [-0.25, -0.2) is 0 Å². The molecule has 0 saturated heterocycles. The number of thiophene rings is 1. The largest absolute Gasteiger partial charge is 0.417 e. The van der Waals surface area contributed by atoms with Crippen LogP contribution in [0.15, 0.2) is 23.2 Å². The molecule has 2 N–H and O–H groups in total. The van der Waals surface area contributed by atoms with E-state index < -0.39 is 17.8 Å². The van der Waals surface area contributed by atoms with Gasteiger partial charge in [-0.15, -0.1) is 0 Å². The number of nitrogens with two attached hydrogens (primary N) is 1. The van der Waals surface area contributed by atoms with Crippen LogP contribution < -0.4 is 5.73 Å². The molecule has 2 heterocycles. The summed E-state index contributed by atoms with van der Waals surface area (Å²) in [5.41, 5.74) is 5.82. The maximum Gasteiger partial charge on any atom is 0.417 e. The van der Waals surface area contributed by atoms with Gasteiger partial charge in [-0.3, -0.25) is 4.68 Å². The molecule has 1 atom stereocenters. The fourth-order valence-electron chi connectivity index (χ4n) is 1.56. The number of aromatic nitrogens is 2. The lowest BCUT2D eigenvalue weighted by Gasteiger charge is -2.13. The zero-order valence-corrected chi connectivity index (χ0v) is 9.72. The van der Waals surface area contributed by atoms with Gasteiger partial charge in [0.25, 0.3) is 0 Å². The van der Waals surface area contributed by atoms with Crippen LogP contribution >= 0.6 is 11.3 Å². The minimum absolute atomic E-state index is 0.0931. The second kappa shape index (κ2) is 4.15. The maximum atomic E-state index is 12.7. The lowest BCUT2D eigenvalue weighted by molar-refractivity contribution is -0.138. The summed E-state index contributed by atoms with van der Waals surface area (Å²) in [7, 11) is 1.69. The van der Waals surface area contributed by atoms with Gasteiger partial charge in [-0.1, -0.05) is 0 Å². The smallest absolute Gasteiger partial charge is 0.320 e. The topological polar surface area (TPSA) is 43.8 Å². The second-order valence-corrected chi connectivity index (χ2v) is 4.41. The summed E-state index contributed by atoms with van der Waals surface area (Å²) in [6.45, 7) is 0. The molecule has 0 amide bonds. The molecule has 0 spiro atoms. The van der Waals surface area contributed by atoms with Crippen LogP contribution in [-0.2, 0) is 13.2 Å². The second-order valence-electron chi connectivity index (χ2n) is 3.66. The molecule has 0 aromatic carbocycles. The van der Waals surface area contributed by atoms with Crippen molar-refractivity contribution in [3.05, 3.63) is 39.8 Å². The first-order chi connectivity index (χ1) is 7.89. The Labute approximate surface area is 99.7 Å². The van der Waals surface area contributed by atoms with Gasteiger partial charge in [-0.05, 0) is 10.9 Å². The number of aryl methyl sites for hydroxylation is 1. The van der Waals surface area contributed by atoms with E-state index >= 15 is 0 Å². The van der Waals surface area contributed by atoms with Gasteiger partial charge in [0.15, 0.2) is 0 Å². The van der Waals surface area contributed by atoms with Crippen molar-refractivity contribution in [2.45, 2.75) is 12.2 Å². The van der Waals surface area contributed by atoms with E-state index in [1.54, 1.807) is 13.2 Å². The molecule has 2 rings (SSSR count). The molecule has 0 bridgehead atoms. The third kappa shape index (κ3) is 2.34. The van der Waals surface area contributed by atoms with Gasteiger partial charge in [-0.2, -0.15) is 29.6 Å². The van der Waals surface area contributed by atoms with Crippen molar-refractivity contribution in [3.8, 4) is 0 Å². The quantitative estimate of drug-likeness (QED) is 0.902. The molecule has 0 aliphatic rings. The van der Waals surface area contributed by atoms with Gasteiger partial charge in [0, 0.05) is 24.2 Å². The Morgan fingerprint density at radius 3 is 2.65 bits per heavy atom. The molecule has 7 heteroatoms. The number of hydrogen-bond acceptors (Lipinski definition) is 3. The average molecular weight is 261 g/mol. The molecule has 2 aromatic rings. The van der Waals surface area contributed by atoms with E-state index in [1.165, 1.54) is 16.3 Å². The summed E-state index contributed by atoms with van der Waals surface area (Å²) in [4.78, 5) is 0. The summed E-state index contributed by atoms with van der Waals surface area (Å²) in [6.07, 6.45) is -1.28. The Morgan fingerprint density at radius 1 is 1.41 bits per heavy atom. The number of hydrogen-bond donors (Lipinski definition) is 1. The average Bonchev–Trinajstić information content (AvgIpc) is 2.83. The van der Waals surface area contributed by atoms with Crippen molar-refractivity contribution < 1.29 is 13.2 Å². The van der Waals surface area contributed by atoms with Crippen molar-refractivity contribution in [1.29, 1.82) is 0 Å². The zero-order chi connectivity index (χ0) is 12.6. The molecule has 2 aromatic heterocycles. The number of nitrogens with zero attached hydrogens (tertiary/aromatic N) is 2. The predicted octanol–water partition coefficient (Wildman–Crippen LogP) is 2.55. The van der Waals surface area contributed by atoms with Crippen LogP contribution in [0.5, 0.6) is 0 Å². The van der Waals surface area contributed by atoms with Gasteiger partial charge in [0.05, 0.1) is 17.8 Å². The number of alkyl halides is 3. The first kappa shape index (κ1) is 12.1. The predicted molar refractivity (Wildman–Crippen MR) is 58.6 cm³/mol. The van der Waals surface area contributed by atoms with Crippen LogP contribution in [0.2, 0.25) is 0 Å². The number of halogens is 3. The van der Waals surface area contributed by atoms with Crippen LogP contribution in [0.25, 0.3) is 0 Å². The fourth-order valence-corrected chi connectivity index (χ4v) is 2.45. The summed E-state index contributed by atoms with van der Waals surface area (Å²) >= 11 is 0.996. The van der Waals surface area contributed by atoms with Crippen molar-refractivity contribution in [2.75, 3.05) is 0 Å². The van der Waals surface area contributed by atoms with E-state index in [9.17, 15) is 13.2 Å². The molecule has 3 nitrogen and oxygen atoms in total. The highest BCUT2D eigenvalue weighted by molar-refractivity contribution is 7.08.